The molecule has 0 heterocycles. The molecule has 1 aliphatic carbocycles. The molecule has 2 atom stereocenters. The summed E-state index contributed by atoms with van der Waals surface area (Å²) in [5, 5.41) is 8.93. The monoisotopic (exact) mass is 235 g/mol. The number of hydrogen-bond donors (Lipinski definition) is 0. The standard InChI is InChI=1S/C12H13NO2S/c1-12(8-13)7-11(12)9-3-5-10(6-4-9)16(2,14)15/h3-6,11H,7H2,1-2H3. The van der Waals surface area contributed by atoms with Gasteiger partial charge in [-0.3, -0.25) is 0 Å². The molecular formula is C12H13NO2S. The summed E-state index contributed by atoms with van der Waals surface area (Å²) in [5.74, 6) is 0.256. The molecule has 1 saturated carbocycles. The van der Waals surface area contributed by atoms with Crippen molar-refractivity contribution < 1.29 is 8.42 Å². The Balaban J connectivity index is 2.27. The van der Waals surface area contributed by atoms with Crippen LogP contribution in [0.5, 0.6) is 0 Å². The van der Waals surface area contributed by atoms with Crippen LogP contribution >= 0.6 is 0 Å². The summed E-state index contributed by atoms with van der Waals surface area (Å²) in [5.41, 5.74) is 0.795. The molecule has 1 fully saturated rings. The fourth-order valence-corrected chi connectivity index (χ4v) is 2.55. The molecule has 2 rings (SSSR count). The lowest BCUT2D eigenvalue weighted by molar-refractivity contribution is 0.602. The van der Waals surface area contributed by atoms with Crippen LogP contribution in [-0.4, -0.2) is 14.7 Å². The topological polar surface area (TPSA) is 57.9 Å². The molecule has 2 unspecified atom stereocenters. The van der Waals surface area contributed by atoms with E-state index in [4.69, 9.17) is 5.26 Å². The summed E-state index contributed by atoms with van der Waals surface area (Å²) < 4.78 is 22.5. The lowest BCUT2D eigenvalue weighted by atomic mass is 10.0. The molecule has 4 heteroatoms. The summed E-state index contributed by atoms with van der Waals surface area (Å²) in [6.45, 7) is 1.93. The molecule has 0 radical (unpaired) electrons. The first-order chi connectivity index (χ1) is 7.37. The first-order valence-electron chi connectivity index (χ1n) is 5.08. The third-order valence-corrected chi connectivity index (χ3v) is 4.33. The van der Waals surface area contributed by atoms with E-state index < -0.39 is 9.84 Å². The van der Waals surface area contributed by atoms with E-state index in [1.54, 1.807) is 12.1 Å². The maximum absolute atomic E-state index is 11.3. The summed E-state index contributed by atoms with van der Waals surface area (Å²) in [4.78, 5) is 0.329. The Labute approximate surface area is 95.6 Å². The van der Waals surface area contributed by atoms with Gasteiger partial charge in [0.05, 0.1) is 16.4 Å². The zero-order chi connectivity index (χ0) is 12.0. The van der Waals surface area contributed by atoms with Crippen molar-refractivity contribution >= 4 is 9.84 Å². The second-order valence-electron chi connectivity index (χ2n) is 4.63. The Morgan fingerprint density at radius 3 is 2.31 bits per heavy atom. The summed E-state index contributed by atoms with van der Waals surface area (Å²) in [6, 6.07) is 9.13. The van der Waals surface area contributed by atoms with Crippen molar-refractivity contribution in [1.82, 2.24) is 0 Å². The predicted molar refractivity (Wildman–Crippen MR) is 60.6 cm³/mol. The van der Waals surface area contributed by atoms with Gasteiger partial charge in [0.15, 0.2) is 9.84 Å². The van der Waals surface area contributed by atoms with Crippen molar-refractivity contribution in [3.8, 4) is 6.07 Å². The van der Waals surface area contributed by atoms with E-state index in [0.717, 1.165) is 12.0 Å². The molecular weight excluding hydrogens is 222 g/mol. The lowest BCUT2D eigenvalue weighted by Crippen LogP contribution is -1.97. The van der Waals surface area contributed by atoms with Crippen LogP contribution in [0.1, 0.15) is 24.8 Å². The van der Waals surface area contributed by atoms with Gasteiger partial charge in [-0.05, 0) is 31.0 Å². The molecule has 0 bridgehead atoms. The fourth-order valence-electron chi connectivity index (χ4n) is 1.92. The zero-order valence-corrected chi connectivity index (χ0v) is 10.1. The number of nitriles is 1. The van der Waals surface area contributed by atoms with Crippen LogP contribution in [0.3, 0.4) is 0 Å². The van der Waals surface area contributed by atoms with Gasteiger partial charge in [0.1, 0.15) is 0 Å². The first-order valence-corrected chi connectivity index (χ1v) is 6.97. The minimum Gasteiger partial charge on any atom is -0.224 e. The molecule has 1 aromatic rings. The summed E-state index contributed by atoms with van der Waals surface area (Å²) in [7, 11) is -3.12. The molecule has 3 nitrogen and oxygen atoms in total. The molecule has 0 aromatic heterocycles. The van der Waals surface area contributed by atoms with Crippen molar-refractivity contribution in [3.05, 3.63) is 29.8 Å². The van der Waals surface area contributed by atoms with Crippen molar-refractivity contribution in [1.29, 1.82) is 5.26 Å². The van der Waals surface area contributed by atoms with Crippen molar-refractivity contribution in [2.24, 2.45) is 5.41 Å². The summed E-state index contributed by atoms with van der Waals surface area (Å²) in [6.07, 6.45) is 2.06. The molecule has 16 heavy (non-hydrogen) atoms. The highest BCUT2D eigenvalue weighted by molar-refractivity contribution is 7.90. The van der Waals surface area contributed by atoms with E-state index in [2.05, 4.69) is 6.07 Å². The SMILES string of the molecule is CC1(C#N)CC1c1ccc(S(C)(=O)=O)cc1. The lowest BCUT2D eigenvalue weighted by Gasteiger charge is -2.03. The third kappa shape index (κ3) is 1.83. The number of rotatable bonds is 2. The zero-order valence-electron chi connectivity index (χ0n) is 9.27. The quantitative estimate of drug-likeness (QED) is 0.788. The molecule has 0 saturated heterocycles. The second-order valence-corrected chi connectivity index (χ2v) is 6.64. The fraction of sp³-hybridized carbons (Fsp3) is 0.417. The van der Waals surface area contributed by atoms with Gasteiger partial charge in [-0.2, -0.15) is 5.26 Å². The molecule has 0 N–H and O–H groups in total. The Morgan fingerprint density at radius 2 is 1.94 bits per heavy atom. The number of benzene rings is 1. The highest BCUT2D eigenvalue weighted by Gasteiger charge is 2.51. The van der Waals surface area contributed by atoms with E-state index in [-0.39, 0.29) is 11.3 Å². The summed E-state index contributed by atoms with van der Waals surface area (Å²) >= 11 is 0. The maximum Gasteiger partial charge on any atom is 0.175 e. The van der Waals surface area contributed by atoms with Gasteiger partial charge < -0.3 is 0 Å². The Bertz CT molecular complexity index is 554. The van der Waals surface area contributed by atoms with E-state index in [1.807, 2.05) is 19.1 Å². The third-order valence-electron chi connectivity index (χ3n) is 3.20. The molecule has 0 amide bonds. The van der Waals surface area contributed by atoms with Crippen molar-refractivity contribution in [2.45, 2.75) is 24.2 Å². The van der Waals surface area contributed by atoms with Gasteiger partial charge in [0.25, 0.3) is 0 Å². The van der Waals surface area contributed by atoms with Crippen LogP contribution in [0.2, 0.25) is 0 Å². The Hall–Kier alpha value is -1.34. The van der Waals surface area contributed by atoms with Crippen LogP contribution < -0.4 is 0 Å². The number of hydrogen-bond acceptors (Lipinski definition) is 3. The predicted octanol–water partition coefficient (Wildman–Crippen LogP) is 2.11. The highest BCUT2D eigenvalue weighted by Crippen LogP contribution is 2.58. The van der Waals surface area contributed by atoms with Gasteiger partial charge in [0, 0.05) is 12.2 Å². The smallest absolute Gasteiger partial charge is 0.175 e. The van der Waals surface area contributed by atoms with Crippen LogP contribution in [-0.2, 0) is 9.84 Å². The van der Waals surface area contributed by atoms with Gasteiger partial charge in [-0.25, -0.2) is 8.42 Å². The van der Waals surface area contributed by atoms with Gasteiger partial charge in [-0.15, -0.1) is 0 Å². The molecule has 0 spiro atoms. The molecule has 1 aromatic carbocycles. The van der Waals surface area contributed by atoms with E-state index >= 15 is 0 Å². The molecule has 1 aliphatic rings. The van der Waals surface area contributed by atoms with Crippen LogP contribution in [0.4, 0.5) is 0 Å². The minimum absolute atomic E-state index is 0.256. The van der Waals surface area contributed by atoms with Gasteiger partial charge in [0.2, 0.25) is 0 Å². The highest BCUT2D eigenvalue weighted by atomic mass is 32.2. The normalized spacial score (nSPS) is 28.4. The maximum atomic E-state index is 11.3. The minimum atomic E-state index is -3.12. The Morgan fingerprint density at radius 1 is 1.38 bits per heavy atom. The first kappa shape index (κ1) is 11.2. The van der Waals surface area contributed by atoms with Gasteiger partial charge in [-0.1, -0.05) is 12.1 Å². The van der Waals surface area contributed by atoms with Crippen molar-refractivity contribution in [3.63, 3.8) is 0 Å². The van der Waals surface area contributed by atoms with E-state index in [1.165, 1.54) is 6.26 Å². The second kappa shape index (κ2) is 3.33. The number of nitrogens with zero attached hydrogens (tertiary/aromatic N) is 1. The average Bonchev–Trinajstić information content (AvgIpc) is 2.91. The van der Waals surface area contributed by atoms with Crippen LogP contribution in [0.25, 0.3) is 0 Å². The number of sulfone groups is 1. The van der Waals surface area contributed by atoms with Gasteiger partial charge >= 0.3 is 0 Å². The average molecular weight is 235 g/mol. The van der Waals surface area contributed by atoms with Crippen LogP contribution in [0, 0.1) is 16.7 Å². The van der Waals surface area contributed by atoms with Crippen LogP contribution in [0.15, 0.2) is 29.2 Å². The Kier molecular flexibility index (Phi) is 2.32. The van der Waals surface area contributed by atoms with E-state index in [9.17, 15) is 8.42 Å². The molecule has 0 aliphatic heterocycles. The van der Waals surface area contributed by atoms with Crippen molar-refractivity contribution in [2.75, 3.05) is 6.26 Å². The largest absolute Gasteiger partial charge is 0.224 e. The van der Waals surface area contributed by atoms with E-state index in [0.29, 0.717) is 4.90 Å². The molecule has 84 valence electrons.